The van der Waals surface area contributed by atoms with Crippen LogP contribution < -0.4 is 16.6 Å². The maximum absolute atomic E-state index is 5.56. The summed E-state index contributed by atoms with van der Waals surface area (Å²) in [6.45, 7) is 5.81. The first kappa shape index (κ1) is 12.4. The van der Waals surface area contributed by atoms with Gasteiger partial charge in [0.25, 0.3) is 0 Å². The molecule has 0 aromatic carbocycles. The lowest BCUT2D eigenvalue weighted by atomic mass is 10.2. The van der Waals surface area contributed by atoms with Crippen molar-refractivity contribution in [3.05, 3.63) is 35.4 Å². The van der Waals surface area contributed by atoms with E-state index in [4.69, 9.17) is 10.3 Å². The van der Waals surface area contributed by atoms with Crippen LogP contribution >= 0.6 is 0 Å². The van der Waals surface area contributed by atoms with Gasteiger partial charge in [-0.3, -0.25) is 5.43 Å². The van der Waals surface area contributed by atoms with Gasteiger partial charge in [0.1, 0.15) is 17.3 Å². The molecule has 0 saturated heterocycles. The van der Waals surface area contributed by atoms with Crippen molar-refractivity contribution in [2.24, 2.45) is 5.84 Å². The Balaban J connectivity index is 2.16. The molecule has 0 aliphatic rings. The predicted molar refractivity (Wildman–Crippen MR) is 70.1 cm³/mol. The Morgan fingerprint density at radius 3 is 2.67 bits per heavy atom. The molecule has 0 amide bonds. The number of nitrogens with two attached hydrogens (primary N) is 1. The lowest BCUT2D eigenvalue weighted by Gasteiger charge is -2.13. The van der Waals surface area contributed by atoms with Gasteiger partial charge in [-0.2, -0.15) is 4.98 Å². The highest BCUT2D eigenvalue weighted by atomic mass is 16.3. The first-order chi connectivity index (χ1) is 8.58. The zero-order valence-corrected chi connectivity index (χ0v) is 10.7. The monoisotopic (exact) mass is 247 g/mol. The lowest BCUT2D eigenvalue weighted by molar-refractivity contribution is 0.466. The molecule has 18 heavy (non-hydrogen) atoms. The van der Waals surface area contributed by atoms with E-state index in [1.165, 1.54) is 0 Å². The number of nitrogen functional groups attached to an aromatic ring is 1. The van der Waals surface area contributed by atoms with E-state index in [1.807, 2.05) is 39.0 Å². The number of hydrogen-bond donors (Lipinski definition) is 3. The zero-order valence-electron chi connectivity index (χ0n) is 10.7. The summed E-state index contributed by atoms with van der Waals surface area (Å²) in [5, 5.41) is 3.25. The van der Waals surface area contributed by atoms with Crippen molar-refractivity contribution >= 4 is 11.8 Å². The average molecular weight is 247 g/mol. The number of aromatic nitrogens is 2. The third kappa shape index (κ3) is 2.78. The molecule has 0 saturated carbocycles. The van der Waals surface area contributed by atoms with E-state index < -0.39 is 0 Å². The Hall–Kier alpha value is -2.08. The molecule has 0 fully saturated rings. The molecule has 0 bridgehead atoms. The van der Waals surface area contributed by atoms with Gasteiger partial charge in [0, 0.05) is 11.8 Å². The fourth-order valence-electron chi connectivity index (χ4n) is 1.69. The molecule has 1 unspecified atom stereocenters. The molecule has 6 heteroatoms. The fourth-order valence-corrected chi connectivity index (χ4v) is 1.69. The highest BCUT2D eigenvalue weighted by Crippen LogP contribution is 2.20. The molecule has 96 valence electrons. The Kier molecular flexibility index (Phi) is 3.47. The van der Waals surface area contributed by atoms with Crippen molar-refractivity contribution < 1.29 is 4.42 Å². The topological polar surface area (TPSA) is 89.0 Å². The predicted octanol–water partition coefficient (Wildman–Crippen LogP) is 2.15. The number of nitrogens with one attached hydrogen (secondary N) is 2. The van der Waals surface area contributed by atoms with Crippen LogP contribution in [0.4, 0.5) is 11.8 Å². The largest absolute Gasteiger partial charge is 0.464 e. The van der Waals surface area contributed by atoms with Crippen LogP contribution in [0.1, 0.15) is 30.2 Å². The number of hydrogen-bond acceptors (Lipinski definition) is 6. The van der Waals surface area contributed by atoms with Gasteiger partial charge in [-0.15, -0.1) is 0 Å². The Labute approximate surface area is 106 Å². The average Bonchev–Trinajstić information content (AvgIpc) is 2.75. The van der Waals surface area contributed by atoms with E-state index in [0.717, 1.165) is 17.2 Å². The van der Waals surface area contributed by atoms with E-state index in [1.54, 1.807) is 0 Å². The minimum Gasteiger partial charge on any atom is -0.464 e. The first-order valence-corrected chi connectivity index (χ1v) is 5.73. The molecule has 0 aliphatic carbocycles. The van der Waals surface area contributed by atoms with Gasteiger partial charge < -0.3 is 9.73 Å². The summed E-state index contributed by atoms with van der Waals surface area (Å²) >= 11 is 0. The van der Waals surface area contributed by atoms with Gasteiger partial charge in [-0.25, -0.2) is 10.8 Å². The van der Waals surface area contributed by atoms with Crippen LogP contribution in [0.5, 0.6) is 0 Å². The zero-order chi connectivity index (χ0) is 13.1. The summed E-state index contributed by atoms with van der Waals surface area (Å²) in [6.07, 6.45) is 0. The van der Waals surface area contributed by atoms with Gasteiger partial charge >= 0.3 is 0 Å². The maximum atomic E-state index is 5.56. The second-order valence-corrected chi connectivity index (χ2v) is 4.18. The number of anilines is 2. The van der Waals surface area contributed by atoms with E-state index in [2.05, 4.69) is 20.7 Å². The molecule has 0 aliphatic heterocycles. The Morgan fingerprint density at radius 1 is 1.28 bits per heavy atom. The molecule has 2 heterocycles. The van der Waals surface area contributed by atoms with Gasteiger partial charge in [-0.1, -0.05) is 0 Å². The van der Waals surface area contributed by atoms with Crippen LogP contribution in [-0.2, 0) is 0 Å². The van der Waals surface area contributed by atoms with Crippen molar-refractivity contribution in [2.45, 2.75) is 26.8 Å². The second-order valence-electron chi connectivity index (χ2n) is 4.18. The van der Waals surface area contributed by atoms with E-state index in [0.29, 0.717) is 11.8 Å². The molecule has 0 spiro atoms. The minimum absolute atomic E-state index is 0.0265. The quantitative estimate of drug-likeness (QED) is 0.566. The van der Waals surface area contributed by atoms with Crippen LogP contribution in [0.25, 0.3) is 0 Å². The fraction of sp³-hybridized carbons (Fsp3) is 0.333. The van der Waals surface area contributed by atoms with Crippen molar-refractivity contribution in [3.63, 3.8) is 0 Å². The molecule has 2 aromatic heterocycles. The normalized spacial score (nSPS) is 12.2. The lowest BCUT2D eigenvalue weighted by Crippen LogP contribution is -2.13. The minimum atomic E-state index is 0.0265. The van der Waals surface area contributed by atoms with Crippen molar-refractivity contribution in [2.75, 3.05) is 10.7 Å². The number of furan rings is 1. The van der Waals surface area contributed by atoms with Crippen LogP contribution in [0.2, 0.25) is 0 Å². The molecule has 2 aromatic rings. The molecule has 6 nitrogen and oxygen atoms in total. The smallest absolute Gasteiger partial charge is 0.239 e. The van der Waals surface area contributed by atoms with Crippen LogP contribution in [0.15, 0.2) is 22.6 Å². The standard InChI is InChI=1S/C12H17N5O/c1-7-6-11(16-12(14-7)17-13)15-9(3)10-5-4-8(2)18-10/h4-6,9H,13H2,1-3H3,(H2,14,15,16,17). The highest BCUT2D eigenvalue weighted by Gasteiger charge is 2.10. The van der Waals surface area contributed by atoms with Crippen molar-refractivity contribution in [3.8, 4) is 0 Å². The Bertz CT molecular complexity index is 537. The molecule has 4 N–H and O–H groups in total. The van der Waals surface area contributed by atoms with Crippen molar-refractivity contribution in [1.29, 1.82) is 0 Å². The van der Waals surface area contributed by atoms with Crippen LogP contribution in [0, 0.1) is 13.8 Å². The summed E-state index contributed by atoms with van der Waals surface area (Å²) in [5.74, 6) is 8.16. The third-order valence-corrected chi connectivity index (χ3v) is 2.54. The SMILES string of the molecule is Cc1cc(NC(C)c2ccc(C)o2)nc(NN)n1. The highest BCUT2D eigenvalue weighted by molar-refractivity contribution is 5.43. The first-order valence-electron chi connectivity index (χ1n) is 5.73. The number of nitrogens with zero attached hydrogens (tertiary/aromatic N) is 2. The summed E-state index contributed by atoms with van der Waals surface area (Å²) in [7, 11) is 0. The van der Waals surface area contributed by atoms with E-state index >= 15 is 0 Å². The molecular weight excluding hydrogens is 230 g/mol. The van der Waals surface area contributed by atoms with Gasteiger partial charge in [0.05, 0.1) is 6.04 Å². The van der Waals surface area contributed by atoms with Crippen LogP contribution in [0.3, 0.4) is 0 Å². The number of hydrazine groups is 1. The van der Waals surface area contributed by atoms with Gasteiger partial charge in [0.2, 0.25) is 5.95 Å². The summed E-state index contributed by atoms with van der Waals surface area (Å²) in [6, 6.07) is 5.76. The van der Waals surface area contributed by atoms with Gasteiger partial charge in [0.15, 0.2) is 0 Å². The Morgan fingerprint density at radius 2 is 2.06 bits per heavy atom. The second kappa shape index (κ2) is 5.05. The molecule has 1 atom stereocenters. The van der Waals surface area contributed by atoms with Crippen molar-refractivity contribution in [1.82, 2.24) is 9.97 Å². The summed E-state index contributed by atoms with van der Waals surface area (Å²) < 4.78 is 5.56. The summed E-state index contributed by atoms with van der Waals surface area (Å²) in [5.41, 5.74) is 3.28. The van der Waals surface area contributed by atoms with E-state index in [-0.39, 0.29) is 6.04 Å². The molecule has 0 radical (unpaired) electrons. The molecular formula is C12H17N5O. The number of rotatable bonds is 4. The van der Waals surface area contributed by atoms with Gasteiger partial charge in [-0.05, 0) is 32.9 Å². The maximum Gasteiger partial charge on any atom is 0.239 e. The molecule has 2 rings (SSSR count). The van der Waals surface area contributed by atoms with Crippen LogP contribution in [-0.4, -0.2) is 9.97 Å². The summed E-state index contributed by atoms with van der Waals surface area (Å²) in [4.78, 5) is 8.35. The number of aryl methyl sites for hydroxylation is 2. The van der Waals surface area contributed by atoms with E-state index in [9.17, 15) is 0 Å². The third-order valence-electron chi connectivity index (χ3n) is 2.54.